The summed E-state index contributed by atoms with van der Waals surface area (Å²) in [7, 11) is 0. The molecule has 0 unspecified atom stereocenters. The second kappa shape index (κ2) is 6.44. The van der Waals surface area contributed by atoms with Crippen molar-refractivity contribution in [1.82, 2.24) is 4.98 Å². The number of pyridine rings is 1. The van der Waals surface area contributed by atoms with Crippen LogP contribution in [0.4, 0.5) is 5.69 Å². The molecule has 0 aliphatic rings. The highest BCUT2D eigenvalue weighted by Gasteiger charge is 2.02. The Morgan fingerprint density at radius 1 is 1.04 bits per heavy atom. The summed E-state index contributed by atoms with van der Waals surface area (Å²) in [6.45, 7) is 4.01. The van der Waals surface area contributed by atoms with Gasteiger partial charge in [-0.15, -0.1) is 0 Å². The number of amides is 1. The fourth-order valence-corrected chi connectivity index (χ4v) is 2.46. The number of aromatic nitrogens is 1. The Kier molecular flexibility index (Phi) is 4.20. The third kappa shape index (κ3) is 3.64. The van der Waals surface area contributed by atoms with Crippen LogP contribution >= 0.6 is 0 Å². The van der Waals surface area contributed by atoms with Crippen molar-refractivity contribution in [3.05, 3.63) is 77.5 Å². The van der Waals surface area contributed by atoms with E-state index >= 15 is 0 Å². The molecule has 0 spiro atoms. The molecule has 3 aromatic rings. The van der Waals surface area contributed by atoms with Crippen LogP contribution in [0.3, 0.4) is 0 Å². The van der Waals surface area contributed by atoms with Gasteiger partial charge in [-0.2, -0.15) is 0 Å². The van der Waals surface area contributed by atoms with Gasteiger partial charge in [-0.25, -0.2) is 4.98 Å². The van der Waals surface area contributed by atoms with Gasteiger partial charge in [0.1, 0.15) is 0 Å². The predicted molar refractivity (Wildman–Crippen MR) is 95.3 cm³/mol. The summed E-state index contributed by atoms with van der Waals surface area (Å²) in [5.74, 6) is -0.160. The lowest BCUT2D eigenvalue weighted by Gasteiger charge is -2.07. The summed E-state index contributed by atoms with van der Waals surface area (Å²) < 4.78 is 0. The Balaban J connectivity index is 1.74. The molecule has 1 aromatic heterocycles. The number of carbonyl (C=O) groups is 1. The number of fused-ring (bicyclic) bond motifs is 1. The molecule has 0 bridgehead atoms. The number of benzene rings is 2. The molecule has 3 heteroatoms. The van der Waals surface area contributed by atoms with E-state index in [4.69, 9.17) is 0 Å². The summed E-state index contributed by atoms with van der Waals surface area (Å²) in [4.78, 5) is 16.6. The summed E-state index contributed by atoms with van der Waals surface area (Å²) in [5.41, 5.74) is 4.74. The molecule has 0 aliphatic carbocycles. The van der Waals surface area contributed by atoms with Crippen molar-refractivity contribution in [3.63, 3.8) is 0 Å². The highest BCUT2D eigenvalue weighted by Crippen LogP contribution is 2.16. The van der Waals surface area contributed by atoms with E-state index in [-0.39, 0.29) is 5.91 Å². The molecule has 1 heterocycles. The quantitative estimate of drug-likeness (QED) is 0.724. The largest absolute Gasteiger partial charge is 0.322 e. The normalized spacial score (nSPS) is 11.0. The van der Waals surface area contributed by atoms with Gasteiger partial charge in [0.25, 0.3) is 0 Å². The predicted octanol–water partition coefficient (Wildman–Crippen LogP) is 4.50. The first-order chi connectivity index (χ1) is 11.1. The number of rotatable bonds is 3. The number of nitrogens with zero attached hydrogens (tertiary/aromatic N) is 1. The Morgan fingerprint density at radius 2 is 1.87 bits per heavy atom. The third-order valence-corrected chi connectivity index (χ3v) is 3.67. The van der Waals surface area contributed by atoms with Crippen LogP contribution in [0.15, 0.2) is 60.7 Å². The van der Waals surface area contributed by atoms with Gasteiger partial charge in [0.15, 0.2) is 0 Å². The van der Waals surface area contributed by atoms with Crippen LogP contribution in [0.2, 0.25) is 0 Å². The Bertz CT molecular complexity index is 897. The molecular weight excluding hydrogens is 284 g/mol. The molecule has 2 aromatic carbocycles. The number of hydrogen-bond acceptors (Lipinski definition) is 2. The molecule has 3 rings (SSSR count). The molecule has 114 valence electrons. The van der Waals surface area contributed by atoms with Crippen LogP contribution in [0.5, 0.6) is 0 Å². The minimum absolute atomic E-state index is 0.160. The Morgan fingerprint density at radius 3 is 2.70 bits per heavy atom. The standard InChI is InChI=1S/C20H18N2O/c1-14-7-11-18(15(2)13-14)22-20(23)12-10-17-9-8-16-5-3-4-6-19(16)21-17/h3-13H,1-2H3,(H,22,23)/b12-10-. The van der Waals surface area contributed by atoms with Crippen molar-refractivity contribution in [3.8, 4) is 0 Å². The Hall–Kier alpha value is -2.94. The number of para-hydroxylation sites is 1. The van der Waals surface area contributed by atoms with Crippen molar-refractivity contribution >= 4 is 28.6 Å². The zero-order valence-electron chi connectivity index (χ0n) is 13.2. The number of hydrogen-bond donors (Lipinski definition) is 1. The van der Waals surface area contributed by atoms with Gasteiger partial charge < -0.3 is 5.32 Å². The zero-order valence-corrected chi connectivity index (χ0v) is 13.2. The topological polar surface area (TPSA) is 42.0 Å². The summed E-state index contributed by atoms with van der Waals surface area (Å²) in [6, 6.07) is 17.8. The van der Waals surface area contributed by atoms with Gasteiger partial charge in [-0.3, -0.25) is 4.79 Å². The van der Waals surface area contributed by atoms with Crippen molar-refractivity contribution < 1.29 is 4.79 Å². The van der Waals surface area contributed by atoms with Crippen LogP contribution in [0.25, 0.3) is 17.0 Å². The first-order valence-corrected chi connectivity index (χ1v) is 7.54. The van der Waals surface area contributed by atoms with Crippen molar-refractivity contribution in [1.29, 1.82) is 0 Å². The van der Waals surface area contributed by atoms with Crippen LogP contribution in [-0.2, 0) is 4.79 Å². The van der Waals surface area contributed by atoms with Gasteiger partial charge in [0.05, 0.1) is 11.2 Å². The van der Waals surface area contributed by atoms with E-state index in [1.165, 1.54) is 11.6 Å². The Labute approximate surface area is 135 Å². The van der Waals surface area contributed by atoms with Gasteiger partial charge >= 0.3 is 0 Å². The first-order valence-electron chi connectivity index (χ1n) is 7.54. The van der Waals surface area contributed by atoms with Gasteiger partial charge in [-0.1, -0.05) is 42.0 Å². The van der Waals surface area contributed by atoms with E-state index in [1.807, 2.05) is 68.4 Å². The minimum atomic E-state index is -0.160. The highest BCUT2D eigenvalue weighted by atomic mass is 16.1. The van der Waals surface area contributed by atoms with Gasteiger partial charge in [0.2, 0.25) is 5.91 Å². The molecule has 0 radical (unpaired) electrons. The number of anilines is 1. The van der Waals surface area contributed by atoms with E-state index < -0.39 is 0 Å². The van der Waals surface area contributed by atoms with Crippen LogP contribution in [-0.4, -0.2) is 10.9 Å². The van der Waals surface area contributed by atoms with E-state index in [0.29, 0.717) is 0 Å². The van der Waals surface area contributed by atoms with Crippen molar-refractivity contribution in [2.24, 2.45) is 0 Å². The minimum Gasteiger partial charge on any atom is -0.322 e. The second-order valence-electron chi connectivity index (χ2n) is 5.57. The average molecular weight is 302 g/mol. The lowest BCUT2D eigenvalue weighted by Crippen LogP contribution is -2.09. The molecule has 3 nitrogen and oxygen atoms in total. The molecule has 0 saturated heterocycles. The number of aryl methyl sites for hydroxylation is 2. The van der Waals surface area contributed by atoms with E-state index in [1.54, 1.807) is 6.08 Å². The van der Waals surface area contributed by atoms with Crippen LogP contribution in [0, 0.1) is 13.8 Å². The molecule has 1 amide bonds. The zero-order chi connectivity index (χ0) is 16.2. The van der Waals surface area contributed by atoms with Crippen LogP contribution in [0.1, 0.15) is 16.8 Å². The van der Waals surface area contributed by atoms with E-state index in [9.17, 15) is 4.79 Å². The average Bonchev–Trinajstić information content (AvgIpc) is 2.55. The van der Waals surface area contributed by atoms with Crippen LogP contribution < -0.4 is 5.32 Å². The summed E-state index contributed by atoms with van der Waals surface area (Å²) >= 11 is 0. The van der Waals surface area contributed by atoms with Gasteiger partial charge in [-0.05, 0) is 43.7 Å². The molecule has 23 heavy (non-hydrogen) atoms. The number of carbonyl (C=O) groups excluding carboxylic acids is 1. The van der Waals surface area contributed by atoms with E-state index in [2.05, 4.69) is 10.3 Å². The second-order valence-corrected chi connectivity index (χ2v) is 5.57. The highest BCUT2D eigenvalue weighted by molar-refractivity contribution is 6.02. The lowest BCUT2D eigenvalue weighted by atomic mass is 10.1. The molecule has 0 atom stereocenters. The lowest BCUT2D eigenvalue weighted by molar-refractivity contribution is -0.111. The van der Waals surface area contributed by atoms with Crippen molar-refractivity contribution in [2.75, 3.05) is 5.32 Å². The molecule has 0 fully saturated rings. The number of nitrogens with one attached hydrogen (secondary N) is 1. The maximum atomic E-state index is 12.1. The van der Waals surface area contributed by atoms with E-state index in [0.717, 1.165) is 27.8 Å². The third-order valence-electron chi connectivity index (χ3n) is 3.67. The summed E-state index contributed by atoms with van der Waals surface area (Å²) in [5, 5.41) is 3.98. The summed E-state index contributed by atoms with van der Waals surface area (Å²) in [6.07, 6.45) is 3.24. The van der Waals surface area contributed by atoms with Crippen molar-refractivity contribution in [2.45, 2.75) is 13.8 Å². The molecule has 1 N–H and O–H groups in total. The fraction of sp³-hybridized carbons (Fsp3) is 0.100. The maximum absolute atomic E-state index is 12.1. The fourth-order valence-electron chi connectivity index (χ4n) is 2.46. The molecule has 0 aliphatic heterocycles. The molecular formula is C20H18N2O. The maximum Gasteiger partial charge on any atom is 0.248 e. The smallest absolute Gasteiger partial charge is 0.248 e. The monoisotopic (exact) mass is 302 g/mol. The SMILES string of the molecule is Cc1ccc(NC(=O)/C=C\c2ccc3ccccc3n2)c(C)c1. The molecule has 0 saturated carbocycles. The first kappa shape index (κ1) is 15.0. The van der Waals surface area contributed by atoms with Gasteiger partial charge in [0, 0.05) is 17.1 Å².